The number of methoxy groups -OCH3 is 1. The van der Waals surface area contributed by atoms with Crippen LogP contribution in [0.5, 0.6) is 5.75 Å². The lowest BCUT2D eigenvalue weighted by Crippen LogP contribution is -2.52. The van der Waals surface area contributed by atoms with Crippen LogP contribution in [0.1, 0.15) is 38.2 Å². The molecule has 0 radical (unpaired) electrons. The number of amides is 1. The maximum atomic E-state index is 14.0. The van der Waals surface area contributed by atoms with Gasteiger partial charge in [0.25, 0.3) is 0 Å². The van der Waals surface area contributed by atoms with Crippen LogP contribution in [0.2, 0.25) is 0 Å². The summed E-state index contributed by atoms with van der Waals surface area (Å²) in [5.41, 5.74) is 0.275. The van der Waals surface area contributed by atoms with Gasteiger partial charge in [-0.25, -0.2) is 0 Å². The van der Waals surface area contributed by atoms with E-state index < -0.39 is 46.4 Å². The second kappa shape index (κ2) is 7.43. The Labute approximate surface area is 205 Å². The third-order valence-corrected chi connectivity index (χ3v) is 9.84. The van der Waals surface area contributed by atoms with Crippen molar-refractivity contribution in [2.45, 2.75) is 56.8 Å². The van der Waals surface area contributed by atoms with Gasteiger partial charge in [-0.05, 0) is 79.7 Å². The predicted octanol–water partition coefficient (Wildman–Crippen LogP) is 2.31. The van der Waals surface area contributed by atoms with Gasteiger partial charge in [0, 0.05) is 12.5 Å². The smallest absolute Gasteiger partial charge is 0.315 e. The molecule has 1 aromatic rings. The number of ether oxygens (including phenoxy) is 2. The van der Waals surface area contributed by atoms with Crippen LogP contribution >= 0.6 is 0 Å². The lowest BCUT2D eigenvalue weighted by atomic mass is 9.60. The number of allylic oxidation sites excluding steroid dienone is 1. The fraction of sp³-hybridized carbons (Fsp3) is 0.571. The van der Waals surface area contributed by atoms with Crippen molar-refractivity contribution in [2.75, 3.05) is 13.7 Å². The minimum atomic E-state index is -1.18. The van der Waals surface area contributed by atoms with Crippen molar-refractivity contribution < 1.29 is 29.3 Å². The number of nitrogens with one attached hydrogen (secondary N) is 1. The molecular weight excluding hydrogens is 446 g/mol. The monoisotopic (exact) mass is 479 g/mol. The van der Waals surface area contributed by atoms with Crippen LogP contribution < -0.4 is 10.1 Å². The number of esters is 1. The van der Waals surface area contributed by atoms with Crippen molar-refractivity contribution in [3.05, 3.63) is 53.6 Å². The summed E-state index contributed by atoms with van der Waals surface area (Å²) in [6.45, 7) is 6.39. The number of carbonyl (C=O) groups is 2. The Balaban J connectivity index is 1.33. The number of hydrogen-bond donors (Lipinski definition) is 3. The van der Waals surface area contributed by atoms with Gasteiger partial charge in [0.1, 0.15) is 23.4 Å². The number of carbonyl (C=O) groups excluding carboxylic acids is 2. The van der Waals surface area contributed by atoms with Gasteiger partial charge in [0.2, 0.25) is 5.91 Å². The van der Waals surface area contributed by atoms with Crippen LogP contribution in [0.15, 0.2) is 48.1 Å². The van der Waals surface area contributed by atoms with Crippen molar-refractivity contribution >= 4 is 11.9 Å². The lowest BCUT2D eigenvalue weighted by Gasteiger charge is -2.42. The molecule has 5 aliphatic rings. The standard InChI is InChI=1S/C28H33NO6/c1-15-13-27-14-28(15,33)10-8-19(27)18-12-20-23(30)26(2,25(32)35-20)21(18)22(27)24(31)29-11-9-16-4-6-17(34-3)7-5-16/h4-7,12,19-23,30,33H,1,8-11,13-14H2,2-3H3,(H,29,31)/t19-,20+,21+,22+,23-,26-,27-,28-/m0/s1. The van der Waals surface area contributed by atoms with E-state index in [1.165, 1.54) is 0 Å². The largest absolute Gasteiger partial charge is 0.497 e. The molecule has 8 atom stereocenters. The first kappa shape index (κ1) is 22.8. The number of aliphatic hydroxyl groups excluding tert-OH is 1. The van der Waals surface area contributed by atoms with E-state index in [4.69, 9.17) is 9.47 Å². The van der Waals surface area contributed by atoms with E-state index in [1.54, 1.807) is 14.0 Å². The normalized spacial score (nSPS) is 42.7. The van der Waals surface area contributed by atoms with Crippen LogP contribution in [0, 0.1) is 28.6 Å². The first-order valence-corrected chi connectivity index (χ1v) is 12.6. The summed E-state index contributed by atoms with van der Waals surface area (Å²) >= 11 is 0. The molecule has 1 heterocycles. The zero-order valence-corrected chi connectivity index (χ0v) is 20.3. The van der Waals surface area contributed by atoms with Crippen molar-refractivity contribution in [1.82, 2.24) is 5.32 Å². The summed E-state index contributed by atoms with van der Waals surface area (Å²) in [7, 11) is 1.63. The Bertz CT molecular complexity index is 1140. The van der Waals surface area contributed by atoms with Gasteiger partial charge in [-0.1, -0.05) is 24.3 Å². The van der Waals surface area contributed by atoms with Crippen molar-refractivity contribution in [3.8, 4) is 5.75 Å². The molecule has 186 valence electrons. The molecule has 3 N–H and O–H groups in total. The Kier molecular flexibility index (Phi) is 4.84. The molecule has 4 fully saturated rings. The van der Waals surface area contributed by atoms with Gasteiger partial charge < -0.3 is 25.0 Å². The minimum Gasteiger partial charge on any atom is -0.497 e. The summed E-state index contributed by atoms with van der Waals surface area (Å²) < 4.78 is 10.8. The second-order valence-electron chi connectivity index (χ2n) is 11.4. The number of benzene rings is 1. The van der Waals surface area contributed by atoms with E-state index in [-0.39, 0.29) is 11.8 Å². The van der Waals surface area contributed by atoms with Crippen LogP contribution in [-0.4, -0.2) is 53.6 Å². The molecule has 35 heavy (non-hydrogen) atoms. The van der Waals surface area contributed by atoms with E-state index >= 15 is 0 Å². The highest BCUT2D eigenvalue weighted by Crippen LogP contribution is 2.74. The summed E-state index contributed by atoms with van der Waals surface area (Å²) in [5, 5.41) is 25.5. The fourth-order valence-corrected chi connectivity index (χ4v) is 8.11. The molecule has 4 aliphatic carbocycles. The molecule has 4 bridgehead atoms. The average Bonchev–Trinajstić information content (AvgIpc) is 3.27. The van der Waals surface area contributed by atoms with Gasteiger partial charge in [-0.15, -0.1) is 0 Å². The summed E-state index contributed by atoms with van der Waals surface area (Å²) in [5.74, 6) is -0.722. The summed E-state index contributed by atoms with van der Waals surface area (Å²) in [4.78, 5) is 27.0. The lowest BCUT2D eigenvalue weighted by molar-refractivity contribution is -0.151. The number of hydrogen-bond acceptors (Lipinski definition) is 6. The van der Waals surface area contributed by atoms with Gasteiger partial charge in [0.05, 0.1) is 18.6 Å². The van der Waals surface area contributed by atoms with Crippen LogP contribution in [0.4, 0.5) is 0 Å². The highest BCUT2D eigenvalue weighted by atomic mass is 16.6. The molecule has 1 aliphatic heterocycles. The first-order valence-electron chi connectivity index (χ1n) is 12.6. The predicted molar refractivity (Wildman–Crippen MR) is 127 cm³/mol. The third-order valence-electron chi connectivity index (χ3n) is 9.84. The van der Waals surface area contributed by atoms with E-state index in [0.717, 1.165) is 28.9 Å². The molecule has 1 saturated heterocycles. The van der Waals surface area contributed by atoms with Gasteiger partial charge in [-0.3, -0.25) is 9.59 Å². The Morgan fingerprint density at radius 3 is 2.77 bits per heavy atom. The molecular formula is C28H33NO6. The number of fused-ring (bicyclic) bond motifs is 6. The second-order valence-corrected chi connectivity index (χ2v) is 11.4. The Morgan fingerprint density at radius 2 is 2.06 bits per heavy atom. The van der Waals surface area contributed by atoms with E-state index in [1.807, 2.05) is 30.3 Å². The van der Waals surface area contributed by atoms with E-state index in [0.29, 0.717) is 32.2 Å². The van der Waals surface area contributed by atoms with Gasteiger partial charge >= 0.3 is 5.97 Å². The van der Waals surface area contributed by atoms with Crippen LogP contribution in [-0.2, 0) is 20.7 Å². The average molecular weight is 480 g/mol. The number of aliphatic hydroxyl groups is 2. The first-order chi connectivity index (χ1) is 16.6. The molecule has 3 saturated carbocycles. The maximum Gasteiger partial charge on any atom is 0.315 e. The Morgan fingerprint density at radius 1 is 1.31 bits per heavy atom. The fourth-order valence-electron chi connectivity index (χ4n) is 8.11. The summed E-state index contributed by atoms with van der Waals surface area (Å²) in [6.07, 6.45) is 3.28. The maximum absolute atomic E-state index is 14.0. The topological polar surface area (TPSA) is 105 Å². The molecule has 0 unspecified atom stereocenters. The zero-order chi connectivity index (χ0) is 24.8. The van der Waals surface area contributed by atoms with E-state index in [9.17, 15) is 19.8 Å². The third kappa shape index (κ3) is 2.91. The van der Waals surface area contributed by atoms with Gasteiger partial charge in [0.15, 0.2) is 0 Å². The molecule has 7 heteroatoms. The zero-order valence-electron chi connectivity index (χ0n) is 20.3. The molecule has 6 rings (SSSR count). The van der Waals surface area contributed by atoms with Crippen LogP contribution in [0.25, 0.3) is 0 Å². The molecule has 1 spiro atoms. The van der Waals surface area contributed by atoms with Crippen molar-refractivity contribution in [3.63, 3.8) is 0 Å². The Hall–Kier alpha value is -2.64. The van der Waals surface area contributed by atoms with E-state index in [2.05, 4.69) is 11.9 Å². The molecule has 0 aromatic heterocycles. The van der Waals surface area contributed by atoms with Crippen LogP contribution in [0.3, 0.4) is 0 Å². The molecule has 1 aromatic carbocycles. The van der Waals surface area contributed by atoms with Gasteiger partial charge in [-0.2, -0.15) is 0 Å². The quantitative estimate of drug-likeness (QED) is 0.442. The van der Waals surface area contributed by atoms with Crippen molar-refractivity contribution in [1.29, 1.82) is 0 Å². The highest BCUT2D eigenvalue weighted by molar-refractivity contribution is 5.87. The SMILES string of the molecule is C=C1C[C@]23C[C@@]1(O)CC[C@H]2C1=C[C@H]2OC(=O)[C@@](C)([C@H]1[C@@H]3C(=O)NCCc1ccc(OC)cc1)[C@H]2O. The minimum absolute atomic E-state index is 0.0631. The van der Waals surface area contributed by atoms with Crippen molar-refractivity contribution in [2.24, 2.45) is 28.6 Å². The highest BCUT2D eigenvalue weighted by Gasteiger charge is 2.75. The number of rotatable bonds is 5. The molecule has 1 amide bonds. The summed E-state index contributed by atoms with van der Waals surface area (Å²) in [6, 6.07) is 7.75. The molecule has 7 nitrogen and oxygen atoms in total.